The van der Waals surface area contributed by atoms with Gasteiger partial charge in [0.15, 0.2) is 5.78 Å². The number of Topliss-reactive ketones (excluding diaryl/α,β-unsaturated/α-hetero) is 1. The van der Waals surface area contributed by atoms with Gasteiger partial charge in [0.05, 0.1) is 17.9 Å². The zero-order chi connectivity index (χ0) is 14.0. The highest BCUT2D eigenvalue weighted by Gasteiger charge is 2.18. The first-order valence-electron chi connectivity index (χ1n) is 5.85. The average molecular weight is 278 g/mol. The number of aliphatic carboxylic acids is 1. The van der Waals surface area contributed by atoms with Gasteiger partial charge in [0.25, 0.3) is 0 Å². The molecule has 1 heterocycles. The number of hydrogen-bond acceptors (Lipinski definition) is 4. The third-order valence-electron chi connectivity index (χ3n) is 2.92. The van der Waals surface area contributed by atoms with Gasteiger partial charge in [-0.05, 0) is 29.7 Å². The van der Waals surface area contributed by atoms with Crippen molar-refractivity contribution in [3.05, 3.63) is 29.1 Å². The molecule has 2 aromatic rings. The number of rotatable bonds is 5. The molecule has 0 saturated carbocycles. The van der Waals surface area contributed by atoms with Gasteiger partial charge in [0, 0.05) is 11.1 Å². The summed E-state index contributed by atoms with van der Waals surface area (Å²) in [5.41, 5.74) is 0. The Morgan fingerprint density at radius 1 is 1.37 bits per heavy atom. The smallest absolute Gasteiger partial charge is 0.306 e. The van der Waals surface area contributed by atoms with E-state index in [1.165, 1.54) is 18.3 Å². The lowest BCUT2D eigenvalue weighted by Gasteiger charge is -2.02. The van der Waals surface area contributed by atoms with Gasteiger partial charge in [-0.25, -0.2) is 0 Å². The van der Waals surface area contributed by atoms with E-state index in [9.17, 15) is 9.59 Å². The minimum atomic E-state index is -0.948. The third kappa shape index (κ3) is 2.93. The van der Waals surface area contributed by atoms with E-state index in [4.69, 9.17) is 9.84 Å². The second-order valence-electron chi connectivity index (χ2n) is 4.38. The Balaban J connectivity index is 2.25. The van der Waals surface area contributed by atoms with Crippen molar-refractivity contribution in [3.8, 4) is 5.75 Å². The molecule has 0 unspecified atom stereocenters. The summed E-state index contributed by atoms with van der Waals surface area (Å²) in [5.74, 6) is -0.995. The van der Waals surface area contributed by atoms with Gasteiger partial charge >= 0.3 is 5.97 Å². The molecule has 2 rings (SSSR count). The van der Waals surface area contributed by atoms with Crippen LogP contribution in [0.2, 0.25) is 0 Å². The molecule has 5 heteroatoms. The highest BCUT2D eigenvalue weighted by molar-refractivity contribution is 7.20. The fourth-order valence-electron chi connectivity index (χ4n) is 1.74. The highest BCUT2D eigenvalue weighted by atomic mass is 32.1. The Bertz CT molecular complexity index is 629. The van der Waals surface area contributed by atoms with Gasteiger partial charge in [0.1, 0.15) is 5.75 Å². The number of methoxy groups -OCH3 is 1. The zero-order valence-electron chi connectivity index (χ0n) is 10.7. The van der Waals surface area contributed by atoms with Crippen molar-refractivity contribution in [1.82, 2.24) is 0 Å². The number of carboxylic acid groups (broad SMARTS) is 1. The van der Waals surface area contributed by atoms with Crippen LogP contribution in [0, 0.1) is 5.92 Å². The van der Waals surface area contributed by atoms with Gasteiger partial charge in [-0.3, -0.25) is 9.59 Å². The summed E-state index contributed by atoms with van der Waals surface area (Å²) in [5, 5.41) is 9.79. The first-order valence-corrected chi connectivity index (χ1v) is 6.66. The zero-order valence-corrected chi connectivity index (χ0v) is 11.5. The normalized spacial score (nSPS) is 12.3. The van der Waals surface area contributed by atoms with E-state index in [-0.39, 0.29) is 12.2 Å². The van der Waals surface area contributed by atoms with Crippen molar-refractivity contribution in [2.75, 3.05) is 7.11 Å². The fourth-order valence-corrected chi connectivity index (χ4v) is 2.78. The summed E-state index contributed by atoms with van der Waals surface area (Å²) in [6.45, 7) is 1.54. The van der Waals surface area contributed by atoms with Crippen LogP contribution in [0.5, 0.6) is 5.75 Å². The SMILES string of the molecule is COc1ccc2cc(C(=O)C[C@H](C)C(=O)O)sc2c1. The molecule has 19 heavy (non-hydrogen) atoms. The Hall–Kier alpha value is -1.88. The Morgan fingerprint density at radius 2 is 2.11 bits per heavy atom. The van der Waals surface area contributed by atoms with E-state index in [0.29, 0.717) is 4.88 Å². The van der Waals surface area contributed by atoms with Gasteiger partial charge in [0.2, 0.25) is 0 Å². The van der Waals surface area contributed by atoms with Crippen molar-refractivity contribution in [2.45, 2.75) is 13.3 Å². The van der Waals surface area contributed by atoms with Crippen LogP contribution >= 0.6 is 11.3 Å². The number of hydrogen-bond donors (Lipinski definition) is 1. The number of carboxylic acids is 1. The van der Waals surface area contributed by atoms with E-state index in [1.54, 1.807) is 13.2 Å². The van der Waals surface area contributed by atoms with E-state index in [1.807, 2.05) is 18.2 Å². The summed E-state index contributed by atoms with van der Waals surface area (Å²) < 4.78 is 6.10. The topological polar surface area (TPSA) is 63.6 Å². The van der Waals surface area contributed by atoms with Gasteiger partial charge < -0.3 is 9.84 Å². The minimum Gasteiger partial charge on any atom is -0.497 e. The second kappa shape index (κ2) is 5.40. The lowest BCUT2D eigenvalue weighted by Crippen LogP contribution is -2.13. The molecule has 0 amide bonds. The van der Waals surface area contributed by atoms with E-state index >= 15 is 0 Å². The number of thiophene rings is 1. The molecule has 1 aromatic heterocycles. The molecule has 1 aromatic carbocycles. The van der Waals surface area contributed by atoms with Crippen LogP contribution in [0.15, 0.2) is 24.3 Å². The molecule has 0 fully saturated rings. The van der Waals surface area contributed by atoms with Crippen molar-refractivity contribution in [3.63, 3.8) is 0 Å². The average Bonchev–Trinajstić information content (AvgIpc) is 2.81. The number of fused-ring (bicyclic) bond motifs is 1. The number of benzene rings is 1. The first kappa shape index (κ1) is 13.5. The first-order chi connectivity index (χ1) is 9.01. The lowest BCUT2D eigenvalue weighted by atomic mass is 10.0. The van der Waals surface area contributed by atoms with Gasteiger partial charge in [-0.15, -0.1) is 11.3 Å². The monoisotopic (exact) mass is 278 g/mol. The van der Waals surface area contributed by atoms with Crippen LogP contribution in [0.3, 0.4) is 0 Å². The van der Waals surface area contributed by atoms with Gasteiger partial charge in [-0.2, -0.15) is 0 Å². The van der Waals surface area contributed by atoms with Crippen LogP contribution in [0.25, 0.3) is 10.1 Å². The maximum atomic E-state index is 12.0. The summed E-state index contributed by atoms with van der Waals surface area (Å²) >= 11 is 1.37. The summed E-state index contributed by atoms with van der Waals surface area (Å²) in [6.07, 6.45) is 0.0271. The summed E-state index contributed by atoms with van der Waals surface area (Å²) in [7, 11) is 1.59. The third-order valence-corrected chi connectivity index (χ3v) is 4.05. The number of ether oxygens (including phenoxy) is 1. The van der Waals surface area contributed by atoms with Crippen molar-refractivity contribution in [1.29, 1.82) is 0 Å². The minimum absolute atomic E-state index is 0.0271. The van der Waals surface area contributed by atoms with E-state index in [0.717, 1.165) is 15.8 Å². The van der Waals surface area contributed by atoms with Crippen LogP contribution in [-0.4, -0.2) is 24.0 Å². The summed E-state index contributed by atoms with van der Waals surface area (Å²) in [4.78, 5) is 23.3. The molecule has 0 spiro atoms. The number of carbonyl (C=O) groups is 2. The molecular weight excluding hydrogens is 264 g/mol. The molecule has 0 aliphatic rings. The number of carbonyl (C=O) groups excluding carboxylic acids is 1. The van der Waals surface area contributed by atoms with Crippen molar-refractivity contribution in [2.24, 2.45) is 5.92 Å². The van der Waals surface area contributed by atoms with Crippen LogP contribution in [-0.2, 0) is 4.79 Å². The molecule has 0 saturated heterocycles. The Kier molecular flexibility index (Phi) is 3.85. The molecule has 1 N–H and O–H groups in total. The molecule has 4 nitrogen and oxygen atoms in total. The molecule has 0 aliphatic carbocycles. The molecule has 100 valence electrons. The lowest BCUT2D eigenvalue weighted by molar-refractivity contribution is -0.141. The molecule has 0 aliphatic heterocycles. The quantitative estimate of drug-likeness (QED) is 0.853. The Labute approximate surface area is 114 Å². The highest BCUT2D eigenvalue weighted by Crippen LogP contribution is 2.30. The van der Waals surface area contributed by atoms with Crippen LogP contribution in [0.1, 0.15) is 23.0 Å². The van der Waals surface area contributed by atoms with Crippen LogP contribution in [0.4, 0.5) is 0 Å². The van der Waals surface area contributed by atoms with Gasteiger partial charge in [-0.1, -0.05) is 6.92 Å². The van der Waals surface area contributed by atoms with Crippen LogP contribution < -0.4 is 4.74 Å². The standard InChI is InChI=1S/C14H14O4S/c1-8(14(16)17)5-11(15)13-6-9-3-4-10(18-2)7-12(9)19-13/h3-4,6-8H,5H2,1-2H3,(H,16,17)/t8-/m0/s1. The predicted molar refractivity (Wildman–Crippen MR) is 74.1 cm³/mol. The summed E-state index contributed by atoms with van der Waals surface area (Å²) in [6, 6.07) is 7.40. The molecule has 0 radical (unpaired) electrons. The molecular formula is C14H14O4S. The van der Waals surface area contributed by atoms with Crippen molar-refractivity contribution < 1.29 is 19.4 Å². The van der Waals surface area contributed by atoms with Crippen molar-refractivity contribution >= 4 is 33.2 Å². The maximum absolute atomic E-state index is 12.0. The predicted octanol–water partition coefficient (Wildman–Crippen LogP) is 3.20. The number of ketones is 1. The van der Waals surface area contributed by atoms with E-state index < -0.39 is 11.9 Å². The molecule has 1 atom stereocenters. The fraction of sp³-hybridized carbons (Fsp3) is 0.286. The largest absolute Gasteiger partial charge is 0.497 e. The maximum Gasteiger partial charge on any atom is 0.306 e. The van der Waals surface area contributed by atoms with E-state index in [2.05, 4.69) is 0 Å². The second-order valence-corrected chi connectivity index (χ2v) is 5.46. The molecule has 0 bridgehead atoms. The Morgan fingerprint density at radius 3 is 2.74 bits per heavy atom.